The Kier molecular flexibility index (Phi) is 36.3. The fourth-order valence-electron chi connectivity index (χ4n) is 5.15. The third-order valence-electron chi connectivity index (χ3n) is 8.44. The van der Waals surface area contributed by atoms with Crippen molar-refractivity contribution in [3.8, 4) is 0 Å². The summed E-state index contributed by atoms with van der Waals surface area (Å²) >= 11 is 0. The van der Waals surface area contributed by atoms with Crippen LogP contribution in [-0.4, -0.2) is 74.7 Å². The molecule has 12 heteroatoms. The molecule has 0 spiro atoms. The number of carbonyl (C=O) groups is 2. The Labute approximate surface area is 342 Å². The third-order valence-corrected chi connectivity index (χ3v) is 8.93. The Morgan fingerprint density at radius 3 is 1.70 bits per heavy atom. The van der Waals surface area contributed by atoms with Crippen molar-refractivity contribution in [2.45, 2.75) is 160 Å². The Balaban J connectivity index is 4.34. The van der Waals surface area contributed by atoms with Gasteiger partial charge in [-0.2, -0.15) is 0 Å². The molecule has 0 saturated heterocycles. The van der Waals surface area contributed by atoms with E-state index in [1.54, 1.807) is 42.5 Å². The summed E-state index contributed by atoms with van der Waals surface area (Å²) in [5.41, 5.74) is 0. The molecule has 0 amide bonds. The van der Waals surface area contributed by atoms with Gasteiger partial charge in [-0.15, -0.1) is 0 Å². The van der Waals surface area contributed by atoms with Gasteiger partial charge in [-0.1, -0.05) is 150 Å². The maximum absolute atomic E-state index is 12.4. The number of aliphatic hydroxyl groups excluding tert-OH is 3. The zero-order chi connectivity index (χ0) is 42.2. The monoisotopic (exact) mass is 820 g/mol. The summed E-state index contributed by atoms with van der Waals surface area (Å²) in [6, 6.07) is 0. The highest BCUT2D eigenvalue weighted by Crippen LogP contribution is 2.36. The Hall–Kier alpha value is -3.15. The van der Waals surface area contributed by atoms with Crippen molar-refractivity contribution < 1.29 is 53.3 Å². The van der Waals surface area contributed by atoms with Crippen molar-refractivity contribution in [1.82, 2.24) is 0 Å². The highest BCUT2D eigenvalue weighted by atomic mass is 31.2. The number of hydrogen-bond acceptors (Lipinski definition) is 9. The van der Waals surface area contributed by atoms with Gasteiger partial charge < -0.3 is 34.6 Å². The Morgan fingerprint density at radius 2 is 1.11 bits per heavy atom. The molecule has 0 unspecified atom stereocenters. The minimum Gasteiger partial charge on any atom is -0.462 e. The van der Waals surface area contributed by atoms with E-state index in [2.05, 4.69) is 67.0 Å². The molecule has 0 radical (unpaired) electrons. The predicted molar refractivity (Wildman–Crippen MR) is 229 cm³/mol. The number of phosphoric acid groups is 1. The third kappa shape index (κ3) is 39.5. The highest BCUT2D eigenvalue weighted by Gasteiger charge is 2.23. The first-order valence-corrected chi connectivity index (χ1v) is 22.4. The van der Waals surface area contributed by atoms with Crippen LogP contribution in [0, 0.1) is 0 Å². The summed E-state index contributed by atoms with van der Waals surface area (Å²) in [5, 5.41) is 30.3. The lowest BCUT2D eigenvalue weighted by Crippen LogP contribution is -2.29. The number of esters is 2. The SMILES string of the molecule is CCCCC/C=C\C/C=C\C/C=C\C/C=C\CCCCCC(=O)O[C@H](COC(=O)CCC[C@@H](O)[C@H](O)/C=C/C=C/C=C\C=C\[C@H](O)CCCCC)COP(=O)(O)O. The Morgan fingerprint density at radius 1 is 0.579 bits per heavy atom. The Bertz CT molecular complexity index is 1290. The van der Waals surface area contributed by atoms with E-state index >= 15 is 0 Å². The molecule has 0 aliphatic heterocycles. The van der Waals surface area contributed by atoms with Gasteiger partial charge in [0.25, 0.3) is 0 Å². The largest absolute Gasteiger partial charge is 0.469 e. The fourth-order valence-corrected chi connectivity index (χ4v) is 5.51. The molecule has 0 saturated carbocycles. The number of hydrogen-bond donors (Lipinski definition) is 5. The van der Waals surface area contributed by atoms with Crippen LogP contribution in [0.1, 0.15) is 136 Å². The van der Waals surface area contributed by atoms with E-state index in [9.17, 15) is 29.5 Å². The quantitative estimate of drug-likeness (QED) is 0.0134. The van der Waals surface area contributed by atoms with Crippen molar-refractivity contribution in [3.63, 3.8) is 0 Å². The van der Waals surface area contributed by atoms with Crippen LogP contribution in [0.4, 0.5) is 0 Å². The number of aliphatic hydroxyl groups is 3. The maximum Gasteiger partial charge on any atom is 0.469 e. The van der Waals surface area contributed by atoms with Gasteiger partial charge in [0.05, 0.1) is 24.9 Å². The van der Waals surface area contributed by atoms with Crippen molar-refractivity contribution >= 4 is 19.8 Å². The lowest BCUT2D eigenvalue weighted by molar-refractivity contribution is -0.161. The first-order chi connectivity index (χ1) is 27.5. The number of phosphoric ester groups is 1. The van der Waals surface area contributed by atoms with Crippen LogP contribution in [0.2, 0.25) is 0 Å². The van der Waals surface area contributed by atoms with Gasteiger partial charge in [-0.3, -0.25) is 14.1 Å². The second kappa shape index (κ2) is 38.4. The number of carbonyl (C=O) groups excluding carboxylic acids is 2. The van der Waals surface area contributed by atoms with E-state index in [4.69, 9.17) is 19.3 Å². The van der Waals surface area contributed by atoms with Gasteiger partial charge in [0.2, 0.25) is 0 Å². The van der Waals surface area contributed by atoms with Crippen LogP contribution in [-0.2, 0) is 28.2 Å². The van der Waals surface area contributed by atoms with Gasteiger partial charge in [-0.05, 0) is 70.6 Å². The van der Waals surface area contributed by atoms with Crippen LogP contribution in [0.3, 0.4) is 0 Å². The summed E-state index contributed by atoms with van der Waals surface area (Å²) in [6.07, 6.45) is 42.1. The van der Waals surface area contributed by atoms with Crippen molar-refractivity contribution in [1.29, 1.82) is 0 Å². The molecule has 11 nitrogen and oxygen atoms in total. The molecule has 0 aliphatic carbocycles. The smallest absolute Gasteiger partial charge is 0.462 e. The van der Waals surface area contributed by atoms with E-state index in [0.717, 1.165) is 70.6 Å². The van der Waals surface area contributed by atoms with Gasteiger partial charge in [0.15, 0.2) is 6.10 Å². The van der Waals surface area contributed by atoms with Crippen LogP contribution < -0.4 is 0 Å². The summed E-state index contributed by atoms with van der Waals surface area (Å²) in [7, 11) is -4.85. The van der Waals surface area contributed by atoms with Crippen molar-refractivity contribution in [2.24, 2.45) is 0 Å². The molecule has 0 aromatic heterocycles. The molecule has 0 rings (SSSR count). The topological polar surface area (TPSA) is 180 Å². The zero-order valence-corrected chi connectivity index (χ0v) is 35.4. The molecular weight excluding hydrogens is 747 g/mol. The second-order valence-electron chi connectivity index (χ2n) is 13.8. The molecule has 57 heavy (non-hydrogen) atoms. The minimum absolute atomic E-state index is 0.0950. The standard InChI is InChI=1S/C45H73O11P/c1-3-5-7-8-9-10-11-12-13-14-15-16-17-18-19-20-21-26-30-36-45(50)56-41(39-55-57(51,52)53)38-54-44(49)37-31-35-43(48)42(47)34-29-25-23-22-24-28-33-40(46)32-27-6-4-2/h9-10,12-13,15-16,18-19,22-25,28-29,33-34,40-43,46-48H,3-8,11,14,17,20-21,26-27,30-32,35-39H2,1-2H3,(H2,51,52,53)/b10-9-,13-12-,16-15-,19-18-,24-22-,25-23+,33-28+,34-29+/t40-,41-,42-,43-/m1/s1. The van der Waals surface area contributed by atoms with Gasteiger partial charge in [0, 0.05) is 12.8 Å². The van der Waals surface area contributed by atoms with Crippen LogP contribution in [0.25, 0.3) is 0 Å². The van der Waals surface area contributed by atoms with E-state index in [1.165, 1.54) is 25.3 Å². The second-order valence-corrected chi connectivity index (χ2v) is 15.1. The molecule has 0 heterocycles. The van der Waals surface area contributed by atoms with Crippen LogP contribution in [0.5, 0.6) is 0 Å². The van der Waals surface area contributed by atoms with Gasteiger partial charge in [0.1, 0.15) is 6.61 Å². The average Bonchev–Trinajstić information content (AvgIpc) is 3.17. The average molecular weight is 821 g/mol. The van der Waals surface area contributed by atoms with E-state index in [-0.39, 0.29) is 25.7 Å². The number of rotatable bonds is 36. The van der Waals surface area contributed by atoms with Gasteiger partial charge in [-0.25, -0.2) is 4.57 Å². The summed E-state index contributed by atoms with van der Waals surface area (Å²) in [6.45, 7) is 3.22. The molecule has 0 aromatic carbocycles. The molecular formula is C45H73O11P. The number of ether oxygens (including phenoxy) is 2. The molecule has 0 bridgehead atoms. The summed E-state index contributed by atoms with van der Waals surface area (Å²) in [5.74, 6) is -1.26. The lowest BCUT2D eigenvalue weighted by atomic mass is 10.1. The number of allylic oxidation sites excluding steroid dienone is 14. The van der Waals surface area contributed by atoms with E-state index in [1.807, 2.05) is 0 Å². The molecule has 0 aliphatic rings. The zero-order valence-electron chi connectivity index (χ0n) is 34.5. The molecule has 0 aromatic rings. The van der Waals surface area contributed by atoms with Crippen molar-refractivity contribution in [3.05, 3.63) is 97.2 Å². The summed E-state index contributed by atoms with van der Waals surface area (Å²) in [4.78, 5) is 42.9. The fraction of sp³-hybridized carbons (Fsp3) is 0.600. The van der Waals surface area contributed by atoms with E-state index < -0.39 is 57.4 Å². The number of unbranched alkanes of at least 4 members (excludes halogenated alkanes) is 8. The first-order valence-electron chi connectivity index (χ1n) is 20.9. The van der Waals surface area contributed by atoms with E-state index in [0.29, 0.717) is 6.42 Å². The van der Waals surface area contributed by atoms with Crippen molar-refractivity contribution in [2.75, 3.05) is 13.2 Å². The predicted octanol–water partition coefficient (Wildman–Crippen LogP) is 9.53. The normalized spacial score (nSPS) is 15.1. The lowest BCUT2D eigenvalue weighted by Gasteiger charge is -2.18. The molecule has 5 N–H and O–H groups in total. The minimum atomic E-state index is -4.85. The maximum atomic E-state index is 12.4. The van der Waals surface area contributed by atoms with Crippen LogP contribution >= 0.6 is 7.82 Å². The summed E-state index contributed by atoms with van der Waals surface area (Å²) < 4.78 is 26.1. The van der Waals surface area contributed by atoms with Crippen LogP contribution in [0.15, 0.2) is 97.2 Å². The molecule has 4 atom stereocenters. The highest BCUT2D eigenvalue weighted by molar-refractivity contribution is 7.46. The molecule has 0 fully saturated rings. The van der Waals surface area contributed by atoms with Gasteiger partial charge >= 0.3 is 19.8 Å². The first kappa shape index (κ1) is 53.9. The molecule has 324 valence electrons.